The summed E-state index contributed by atoms with van der Waals surface area (Å²) in [5.74, 6) is 2.77. The zero-order valence-corrected chi connectivity index (χ0v) is 15.3. The Morgan fingerprint density at radius 3 is 2.96 bits per heavy atom. The Hall–Kier alpha value is -1.52. The zero-order chi connectivity index (χ0) is 16.7. The number of rotatable bonds is 6. The lowest BCUT2D eigenvalue weighted by molar-refractivity contribution is 0.272. The van der Waals surface area contributed by atoms with Crippen LogP contribution in [-0.2, 0) is 13.6 Å². The van der Waals surface area contributed by atoms with Crippen LogP contribution < -0.4 is 5.32 Å². The lowest BCUT2D eigenvalue weighted by Gasteiger charge is -2.26. The lowest BCUT2D eigenvalue weighted by Crippen LogP contribution is -2.38. The highest BCUT2D eigenvalue weighted by atomic mass is 15.3. The van der Waals surface area contributed by atoms with E-state index in [-0.39, 0.29) is 0 Å². The Bertz CT molecular complexity index is 493. The van der Waals surface area contributed by atoms with Crippen molar-refractivity contribution in [3.63, 3.8) is 0 Å². The molecule has 2 atom stereocenters. The lowest BCUT2D eigenvalue weighted by atomic mass is 9.81. The average molecular weight is 319 g/mol. The van der Waals surface area contributed by atoms with Gasteiger partial charge >= 0.3 is 0 Å². The van der Waals surface area contributed by atoms with Crippen molar-refractivity contribution >= 4 is 5.96 Å². The number of hydrogen-bond donors (Lipinski definition) is 1. The van der Waals surface area contributed by atoms with E-state index in [9.17, 15) is 0 Å². The van der Waals surface area contributed by atoms with Crippen molar-refractivity contribution in [2.45, 2.75) is 52.5 Å². The largest absolute Gasteiger partial charge is 0.357 e. The average Bonchev–Trinajstić information content (AvgIpc) is 2.91. The first kappa shape index (κ1) is 17.8. The van der Waals surface area contributed by atoms with Crippen molar-refractivity contribution in [1.29, 1.82) is 0 Å². The summed E-state index contributed by atoms with van der Waals surface area (Å²) >= 11 is 0. The number of nitrogens with one attached hydrogen (secondary N) is 1. The summed E-state index contributed by atoms with van der Waals surface area (Å²) in [6, 6.07) is 0. The first-order valence-electron chi connectivity index (χ1n) is 9.05. The molecule has 130 valence electrons. The van der Waals surface area contributed by atoms with Crippen LogP contribution in [0, 0.1) is 11.8 Å². The van der Waals surface area contributed by atoms with Gasteiger partial charge in [-0.2, -0.15) is 5.10 Å². The van der Waals surface area contributed by atoms with Crippen molar-refractivity contribution < 1.29 is 0 Å². The molecule has 1 N–H and O–H groups in total. The van der Waals surface area contributed by atoms with Crippen molar-refractivity contribution in [2.24, 2.45) is 23.9 Å². The second kappa shape index (κ2) is 8.94. The highest BCUT2D eigenvalue weighted by Crippen LogP contribution is 2.30. The number of hydrogen-bond acceptors (Lipinski definition) is 2. The van der Waals surface area contributed by atoms with Gasteiger partial charge in [-0.05, 0) is 31.6 Å². The summed E-state index contributed by atoms with van der Waals surface area (Å²) in [5, 5.41) is 7.64. The van der Waals surface area contributed by atoms with Crippen molar-refractivity contribution in [3.8, 4) is 0 Å². The van der Waals surface area contributed by atoms with Gasteiger partial charge in [0.1, 0.15) is 0 Å². The van der Waals surface area contributed by atoms with E-state index in [0.29, 0.717) is 0 Å². The fraction of sp³-hybridized carbons (Fsp3) is 0.778. The quantitative estimate of drug-likeness (QED) is 0.647. The molecule has 5 heteroatoms. The summed E-state index contributed by atoms with van der Waals surface area (Å²) in [6.45, 7) is 7.17. The molecule has 0 saturated heterocycles. The molecule has 2 rings (SSSR count). The SMILES string of the molecule is CCNC(=NCCC1CCCC(C)C1)N(C)Cc1cnn(C)c1. The molecule has 1 aromatic rings. The monoisotopic (exact) mass is 319 g/mol. The maximum absolute atomic E-state index is 4.84. The van der Waals surface area contributed by atoms with E-state index in [1.165, 1.54) is 37.7 Å². The van der Waals surface area contributed by atoms with Crippen LogP contribution in [0.4, 0.5) is 0 Å². The minimum Gasteiger partial charge on any atom is -0.357 e. The number of guanidine groups is 1. The van der Waals surface area contributed by atoms with Crippen LogP contribution in [0.25, 0.3) is 0 Å². The molecule has 23 heavy (non-hydrogen) atoms. The second-order valence-electron chi connectivity index (χ2n) is 7.04. The van der Waals surface area contributed by atoms with Gasteiger partial charge in [0, 0.05) is 45.5 Å². The van der Waals surface area contributed by atoms with Crippen LogP contribution in [0.5, 0.6) is 0 Å². The van der Waals surface area contributed by atoms with Crippen molar-refractivity contribution in [2.75, 3.05) is 20.1 Å². The van der Waals surface area contributed by atoms with Gasteiger partial charge in [-0.15, -0.1) is 0 Å². The molecule has 1 aliphatic carbocycles. The molecule has 0 spiro atoms. The molecule has 0 radical (unpaired) electrons. The number of aromatic nitrogens is 2. The van der Waals surface area contributed by atoms with E-state index in [0.717, 1.165) is 37.4 Å². The Balaban J connectivity index is 1.85. The van der Waals surface area contributed by atoms with E-state index < -0.39 is 0 Å². The normalized spacial score (nSPS) is 22.2. The molecule has 1 aromatic heterocycles. The minimum atomic E-state index is 0.833. The Labute approximate surface area is 141 Å². The van der Waals surface area contributed by atoms with Crippen LogP contribution in [-0.4, -0.2) is 40.8 Å². The minimum absolute atomic E-state index is 0.833. The van der Waals surface area contributed by atoms with E-state index >= 15 is 0 Å². The van der Waals surface area contributed by atoms with Crippen molar-refractivity contribution in [1.82, 2.24) is 20.0 Å². The predicted octanol–water partition coefficient (Wildman–Crippen LogP) is 3.03. The Morgan fingerprint density at radius 1 is 1.48 bits per heavy atom. The summed E-state index contributed by atoms with van der Waals surface area (Å²) in [5.41, 5.74) is 1.21. The van der Waals surface area contributed by atoms with Crippen LogP contribution in [0.15, 0.2) is 17.4 Å². The standard InChI is InChI=1S/C18H33N5/c1-5-19-18(22(3)13-17-12-21-23(4)14-17)20-10-9-16-8-6-7-15(2)11-16/h12,14-16H,5-11,13H2,1-4H3,(H,19,20). The zero-order valence-electron chi connectivity index (χ0n) is 15.3. The predicted molar refractivity (Wildman–Crippen MR) is 96.4 cm³/mol. The van der Waals surface area contributed by atoms with E-state index in [2.05, 4.69) is 42.4 Å². The topological polar surface area (TPSA) is 45.5 Å². The molecule has 5 nitrogen and oxygen atoms in total. The summed E-state index contributed by atoms with van der Waals surface area (Å²) in [6.07, 6.45) is 10.8. The molecule has 0 amide bonds. The molecule has 0 aliphatic heterocycles. The third-order valence-electron chi connectivity index (χ3n) is 4.72. The van der Waals surface area contributed by atoms with Crippen LogP contribution in [0.2, 0.25) is 0 Å². The van der Waals surface area contributed by atoms with Crippen LogP contribution >= 0.6 is 0 Å². The van der Waals surface area contributed by atoms with Gasteiger partial charge in [0.15, 0.2) is 5.96 Å². The fourth-order valence-corrected chi connectivity index (χ4v) is 3.55. The van der Waals surface area contributed by atoms with Gasteiger partial charge in [0.2, 0.25) is 0 Å². The van der Waals surface area contributed by atoms with Crippen molar-refractivity contribution in [3.05, 3.63) is 18.0 Å². The van der Waals surface area contributed by atoms with Gasteiger partial charge in [-0.25, -0.2) is 0 Å². The Kier molecular flexibility index (Phi) is 6.93. The number of aliphatic imine (C=N–C) groups is 1. The maximum Gasteiger partial charge on any atom is 0.193 e. The maximum atomic E-state index is 4.84. The molecule has 1 fully saturated rings. The molecule has 1 aliphatic rings. The summed E-state index contributed by atoms with van der Waals surface area (Å²) in [7, 11) is 4.05. The third kappa shape index (κ3) is 5.88. The van der Waals surface area contributed by atoms with E-state index in [1.807, 2.05) is 17.9 Å². The molecule has 1 heterocycles. The van der Waals surface area contributed by atoms with E-state index in [1.54, 1.807) is 0 Å². The molecular formula is C18H33N5. The number of aryl methyl sites for hydroxylation is 1. The molecule has 0 bridgehead atoms. The van der Waals surface area contributed by atoms with Gasteiger partial charge in [0.25, 0.3) is 0 Å². The molecule has 0 aromatic carbocycles. The second-order valence-corrected chi connectivity index (χ2v) is 7.04. The molecular weight excluding hydrogens is 286 g/mol. The first-order valence-corrected chi connectivity index (χ1v) is 9.05. The summed E-state index contributed by atoms with van der Waals surface area (Å²) in [4.78, 5) is 7.02. The fourth-order valence-electron chi connectivity index (χ4n) is 3.55. The molecule has 2 unspecified atom stereocenters. The number of nitrogens with zero attached hydrogens (tertiary/aromatic N) is 4. The van der Waals surface area contributed by atoms with Crippen LogP contribution in [0.3, 0.4) is 0 Å². The van der Waals surface area contributed by atoms with Gasteiger partial charge in [0.05, 0.1) is 6.20 Å². The van der Waals surface area contributed by atoms with Crippen LogP contribution in [0.1, 0.15) is 51.5 Å². The highest BCUT2D eigenvalue weighted by molar-refractivity contribution is 5.79. The van der Waals surface area contributed by atoms with Gasteiger partial charge in [-0.3, -0.25) is 9.67 Å². The van der Waals surface area contributed by atoms with Gasteiger partial charge < -0.3 is 10.2 Å². The van der Waals surface area contributed by atoms with E-state index in [4.69, 9.17) is 4.99 Å². The smallest absolute Gasteiger partial charge is 0.193 e. The summed E-state index contributed by atoms with van der Waals surface area (Å²) < 4.78 is 1.84. The molecule has 1 saturated carbocycles. The first-order chi connectivity index (χ1) is 11.1. The third-order valence-corrected chi connectivity index (χ3v) is 4.72. The van der Waals surface area contributed by atoms with Gasteiger partial charge in [-0.1, -0.05) is 26.2 Å². The highest BCUT2D eigenvalue weighted by Gasteiger charge is 2.18. The Morgan fingerprint density at radius 2 is 2.30 bits per heavy atom.